The number of benzene rings is 1. The average Bonchev–Trinajstić information content (AvgIpc) is 3.02. The van der Waals surface area contributed by atoms with Crippen molar-refractivity contribution in [3.63, 3.8) is 0 Å². The van der Waals surface area contributed by atoms with E-state index in [-0.39, 0.29) is 5.82 Å². The van der Waals surface area contributed by atoms with Crippen molar-refractivity contribution in [1.82, 2.24) is 9.38 Å². The first-order valence-electron chi connectivity index (χ1n) is 7.41. The lowest BCUT2D eigenvalue weighted by molar-refractivity contribution is 0.111. The molecule has 1 aromatic carbocycles. The van der Waals surface area contributed by atoms with Crippen LogP contribution in [0.25, 0.3) is 16.2 Å². The summed E-state index contributed by atoms with van der Waals surface area (Å²) in [5.41, 5.74) is 3.22. The van der Waals surface area contributed by atoms with Crippen molar-refractivity contribution in [3.05, 3.63) is 46.3 Å². The Kier molecular flexibility index (Phi) is 3.11. The van der Waals surface area contributed by atoms with Crippen LogP contribution in [0, 0.1) is 11.7 Å². The Hall–Kier alpha value is -2.01. The summed E-state index contributed by atoms with van der Waals surface area (Å²) in [5, 5.41) is 0. The summed E-state index contributed by atoms with van der Waals surface area (Å²) in [6.45, 7) is 2.26. The Morgan fingerprint density at radius 1 is 1.36 bits per heavy atom. The number of imidazole rings is 1. The molecule has 1 unspecified atom stereocenters. The van der Waals surface area contributed by atoms with E-state index in [0.29, 0.717) is 17.3 Å². The maximum atomic E-state index is 13.1. The summed E-state index contributed by atoms with van der Waals surface area (Å²) in [6, 6.07) is 6.13. The monoisotopic (exact) mass is 314 g/mol. The van der Waals surface area contributed by atoms with Crippen molar-refractivity contribution < 1.29 is 9.18 Å². The smallest absolute Gasteiger partial charge is 0.195 e. The lowest BCUT2D eigenvalue weighted by atomic mass is 9.93. The number of carbonyl (C=O) groups excluding carboxylic acids is 1. The van der Waals surface area contributed by atoms with Gasteiger partial charge in [0.1, 0.15) is 17.2 Å². The second-order valence-corrected chi connectivity index (χ2v) is 6.97. The number of rotatable bonds is 2. The van der Waals surface area contributed by atoms with Gasteiger partial charge in [-0.25, -0.2) is 9.37 Å². The molecular weight excluding hydrogens is 299 g/mol. The Morgan fingerprint density at radius 3 is 2.86 bits per heavy atom. The normalized spacial score (nSPS) is 17.6. The highest BCUT2D eigenvalue weighted by atomic mass is 32.1. The molecule has 4 rings (SSSR count). The van der Waals surface area contributed by atoms with Crippen LogP contribution in [0.1, 0.15) is 34.4 Å². The summed E-state index contributed by atoms with van der Waals surface area (Å²) in [5.74, 6) is 0.399. The van der Waals surface area contributed by atoms with Crippen LogP contribution >= 0.6 is 11.3 Å². The van der Waals surface area contributed by atoms with E-state index in [1.165, 1.54) is 22.7 Å². The van der Waals surface area contributed by atoms with Crippen LogP contribution in [0.15, 0.2) is 24.3 Å². The van der Waals surface area contributed by atoms with Gasteiger partial charge in [-0.2, -0.15) is 0 Å². The largest absolute Gasteiger partial charge is 0.296 e. The molecule has 3 nitrogen and oxygen atoms in total. The number of hydrogen-bond donors (Lipinski definition) is 0. The number of aldehydes is 1. The van der Waals surface area contributed by atoms with E-state index < -0.39 is 0 Å². The van der Waals surface area contributed by atoms with E-state index >= 15 is 0 Å². The quantitative estimate of drug-likeness (QED) is 0.666. The van der Waals surface area contributed by atoms with Gasteiger partial charge in [0.2, 0.25) is 0 Å². The Morgan fingerprint density at radius 2 is 2.14 bits per heavy atom. The fourth-order valence-corrected chi connectivity index (χ4v) is 4.51. The first-order valence-corrected chi connectivity index (χ1v) is 8.23. The molecule has 1 aliphatic rings. The Labute approximate surface area is 131 Å². The van der Waals surface area contributed by atoms with Crippen LogP contribution in [0.2, 0.25) is 0 Å². The van der Waals surface area contributed by atoms with Gasteiger partial charge in [0, 0.05) is 16.1 Å². The van der Waals surface area contributed by atoms with Crippen molar-refractivity contribution in [2.45, 2.75) is 26.2 Å². The Bertz CT molecular complexity index is 863. The number of carbonyl (C=O) groups is 1. The van der Waals surface area contributed by atoms with E-state index in [1.54, 1.807) is 23.5 Å². The lowest BCUT2D eigenvalue weighted by Gasteiger charge is -2.17. The second-order valence-electron chi connectivity index (χ2n) is 5.91. The van der Waals surface area contributed by atoms with Crippen LogP contribution in [0.3, 0.4) is 0 Å². The van der Waals surface area contributed by atoms with Crippen molar-refractivity contribution in [2.24, 2.45) is 5.92 Å². The number of hydrogen-bond acceptors (Lipinski definition) is 3. The van der Waals surface area contributed by atoms with Crippen LogP contribution in [-0.4, -0.2) is 15.7 Å². The number of halogens is 1. The van der Waals surface area contributed by atoms with Crippen molar-refractivity contribution in [1.29, 1.82) is 0 Å². The number of aromatic nitrogens is 2. The van der Waals surface area contributed by atoms with Gasteiger partial charge in [0.15, 0.2) is 11.2 Å². The molecule has 2 aromatic heterocycles. The fourth-order valence-electron chi connectivity index (χ4n) is 3.18. The molecule has 0 fully saturated rings. The molecule has 1 aliphatic carbocycles. The predicted octanol–water partition coefficient (Wildman–Crippen LogP) is 4.14. The standard InChI is InChI=1S/C17H15FN2OS/c1-10-2-7-13-15(8-10)22-17-19-16(14(9-21)20(13)17)11-3-5-12(18)6-4-11/h3-6,9-10H,2,7-8H2,1H3. The van der Waals surface area contributed by atoms with Gasteiger partial charge in [-0.3, -0.25) is 9.20 Å². The molecule has 0 bridgehead atoms. The van der Waals surface area contributed by atoms with E-state index in [2.05, 4.69) is 11.9 Å². The molecule has 1 atom stereocenters. The van der Waals surface area contributed by atoms with Gasteiger partial charge in [-0.05, 0) is 49.4 Å². The summed E-state index contributed by atoms with van der Waals surface area (Å²) < 4.78 is 15.1. The van der Waals surface area contributed by atoms with Crippen molar-refractivity contribution in [2.75, 3.05) is 0 Å². The maximum absolute atomic E-state index is 13.1. The highest BCUT2D eigenvalue weighted by molar-refractivity contribution is 7.17. The minimum absolute atomic E-state index is 0.288. The van der Waals surface area contributed by atoms with Gasteiger partial charge < -0.3 is 0 Å². The molecule has 0 amide bonds. The molecule has 0 aliphatic heterocycles. The number of thiazole rings is 1. The minimum atomic E-state index is -0.288. The Balaban J connectivity index is 1.92. The van der Waals surface area contributed by atoms with Gasteiger partial charge in [0.05, 0.1) is 0 Å². The molecule has 0 radical (unpaired) electrons. The predicted molar refractivity (Wildman–Crippen MR) is 85.0 cm³/mol. The molecule has 112 valence electrons. The lowest BCUT2D eigenvalue weighted by Crippen LogP contribution is -2.11. The molecule has 0 saturated heterocycles. The van der Waals surface area contributed by atoms with E-state index in [0.717, 1.165) is 36.1 Å². The zero-order valence-corrected chi connectivity index (χ0v) is 13.0. The molecule has 0 spiro atoms. The molecule has 3 aromatic rings. The molecule has 0 N–H and O–H groups in total. The summed E-state index contributed by atoms with van der Waals surface area (Å²) >= 11 is 1.67. The van der Waals surface area contributed by atoms with Crippen molar-refractivity contribution in [3.8, 4) is 11.3 Å². The minimum Gasteiger partial charge on any atom is -0.296 e. The maximum Gasteiger partial charge on any atom is 0.195 e. The third-order valence-electron chi connectivity index (χ3n) is 4.33. The van der Waals surface area contributed by atoms with Crippen molar-refractivity contribution >= 4 is 22.6 Å². The third kappa shape index (κ3) is 2.00. The SMILES string of the molecule is CC1CCc2c(sc3nc(-c4ccc(F)cc4)c(C=O)n23)C1. The highest BCUT2D eigenvalue weighted by Crippen LogP contribution is 2.35. The summed E-state index contributed by atoms with van der Waals surface area (Å²) in [4.78, 5) is 18.5. The summed E-state index contributed by atoms with van der Waals surface area (Å²) in [7, 11) is 0. The molecular formula is C17H15FN2OS. The zero-order valence-electron chi connectivity index (χ0n) is 12.2. The van der Waals surface area contributed by atoms with Crippen LogP contribution < -0.4 is 0 Å². The number of aryl methyl sites for hydroxylation is 1. The first kappa shape index (κ1) is 13.6. The van der Waals surface area contributed by atoms with E-state index in [4.69, 9.17) is 0 Å². The van der Waals surface area contributed by atoms with Crippen LogP contribution in [0.5, 0.6) is 0 Å². The van der Waals surface area contributed by atoms with E-state index in [9.17, 15) is 9.18 Å². The molecule has 5 heteroatoms. The van der Waals surface area contributed by atoms with Gasteiger partial charge in [-0.1, -0.05) is 6.92 Å². The van der Waals surface area contributed by atoms with Gasteiger partial charge >= 0.3 is 0 Å². The molecule has 22 heavy (non-hydrogen) atoms. The summed E-state index contributed by atoms with van der Waals surface area (Å²) in [6.07, 6.45) is 4.05. The second kappa shape index (κ2) is 5.02. The van der Waals surface area contributed by atoms with Crippen LogP contribution in [-0.2, 0) is 12.8 Å². The molecule has 2 heterocycles. The topological polar surface area (TPSA) is 34.4 Å². The van der Waals surface area contributed by atoms with Gasteiger partial charge in [-0.15, -0.1) is 11.3 Å². The number of fused-ring (bicyclic) bond motifs is 3. The molecule has 0 saturated carbocycles. The third-order valence-corrected chi connectivity index (χ3v) is 5.43. The van der Waals surface area contributed by atoms with Gasteiger partial charge in [0.25, 0.3) is 0 Å². The highest BCUT2D eigenvalue weighted by Gasteiger charge is 2.25. The number of nitrogens with zero attached hydrogens (tertiary/aromatic N) is 2. The first-order chi connectivity index (χ1) is 10.7. The average molecular weight is 314 g/mol. The van der Waals surface area contributed by atoms with Crippen LogP contribution in [0.4, 0.5) is 4.39 Å². The fraction of sp³-hybridized carbons (Fsp3) is 0.294. The zero-order chi connectivity index (χ0) is 15.3. The van der Waals surface area contributed by atoms with E-state index in [1.807, 2.05) is 4.40 Å².